The second-order valence-corrected chi connectivity index (χ2v) is 6.51. The van der Waals surface area contributed by atoms with Crippen LogP contribution in [0, 0.1) is 11.6 Å². The zero-order valence-electron chi connectivity index (χ0n) is 18.3. The number of halogens is 3. The molecule has 0 fully saturated rings. The molecule has 0 heterocycles. The van der Waals surface area contributed by atoms with E-state index in [0.29, 0.717) is 37.1 Å². The van der Waals surface area contributed by atoms with Gasteiger partial charge in [-0.05, 0) is 49.7 Å². The van der Waals surface area contributed by atoms with Gasteiger partial charge in [0.15, 0.2) is 24.1 Å². The average molecular weight is 562 g/mol. The van der Waals surface area contributed by atoms with Gasteiger partial charge in [0.25, 0.3) is 5.91 Å². The van der Waals surface area contributed by atoms with Gasteiger partial charge in [-0.15, -0.1) is 24.0 Å². The molecule has 0 atom stereocenters. The van der Waals surface area contributed by atoms with Crippen molar-refractivity contribution < 1.29 is 23.0 Å². The van der Waals surface area contributed by atoms with Gasteiger partial charge in [0, 0.05) is 25.2 Å². The molecule has 32 heavy (non-hydrogen) atoms. The zero-order chi connectivity index (χ0) is 22.6. The fourth-order valence-electron chi connectivity index (χ4n) is 2.69. The molecule has 0 aromatic heterocycles. The van der Waals surface area contributed by atoms with E-state index in [2.05, 4.69) is 20.9 Å². The number of nitrogens with zero attached hydrogens (tertiary/aromatic N) is 1. The van der Waals surface area contributed by atoms with Crippen molar-refractivity contribution in [1.82, 2.24) is 16.0 Å². The van der Waals surface area contributed by atoms with Crippen LogP contribution in [0.1, 0.15) is 25.0 Å². The Bertz CT molecular complexity index is 913. The smallest absolute Gasteiger partial charge is 0.257 e. The van der Waals surface area contributed by atoms with Gasteiger partial charge in [-0.3, -0.25) is 4.79 Å². The minimum absolute atomic E-state index is 0. The molecular weight excluding hydrogens is 533 g/mol. The molecular formula is C22H29F2IN4O3. The SMILES string of the molecule is CCNC(=O)COc1ccc(CN=C(NCC)NCc2cc(F)ccc2F)cc1OC.I. The van der Waals surface area contributed by atoms with Crippen LogP contribution >= 0.6 is 24.0 Å². The molecule has 2 aromatic rings. The van der Waals surface area contributed by atoms with E-state index in [1.165, 1.54) is 7.11 Å². The molecule has 0 radical (unpaired) electrons. The molecule has 3 N–H and O–H groups in total. The van der Waals surface area contributed by atoms with E-state index in [-0.39, 0.29) is 48.6 Å². The van der Waals surface area contributed by atoms with Crippen LogP contribution in [0.15, 0.2) is 41.4 Å². The number of benzene rings is 2. The maximum absolute atomic E-state index is 13.8. The summed E-state index contributed by atoms with van der Waals surface area (Å²) >= 11 is 0. The molecule has 0 saturated carbocycles. The number of ether oxygens (including phenoxy) is 2. The zero-order valence-corrected chi connectivity index (χ0v) is 20.7. The number of amides is 1. The third-order valence-electron chi connectivity index (χ3n) is 4.18. The van der Waals surface area contributed by atoms with Crippen molar-refractivity contribution in [3.63, 3.8) is 0 Å². The second kappa shape index (κ2) is 14.4. The number of carbonyl (C=O) groups is 1. The molecule has 0 aliphatic rings. The fourth-order valence-corrected chi connectivity index (χ4v) is 2.69. The van der Waals surface area contributed by atoms with E-state index in [0.717, 1.165) is 23.8 Å². The first kappa shape index (κ1) is 27.4. The van der Waals surface area contributed by atoms with Crippen molar-refractivity contribution in [1.29, 1.82) is 0 Å². The number of rotatable bonds is 10. The summed E-state index contributed by atoms with van der Waals surface area (Å²) in [6, 6.07) is 8.62. The van der Waals surface area contributed by atoms with Gasteiger partial charge in [0.1, 0.15) is 11.6 Å². The fraction of sp³-hybridized carbons (Fsp3) is 0.364. The third kappa shape index (κ3) is 8.85. The Morgan fingerprint density at radius 2 is 1.75 bits per heavy atom. The number of carbonyl (C=O) groups excluding carboxylic acids is 1. The largest absolute Gasteiger partial charge is 0.493 e. The Hall–Kier alpha value is -2.63. The first-order valence-electron chi connectivity index (χ1n) is 9.99. The summed E-state index contributed by atoms with van der Waals surface area (Å²) in [6.07, 6.45) is 0. The monoisotopic (exact) mass is 562 g/mol. The molecule has 0 spiro atoms. The van der Waals surface area contributed by atoms with Crippen molar-refractivity contribution in [3.8, 4) is 11.5 Å². The summed E-state index contributed by atoms with van der Waals surface area (Å²) in [5.74, 6) is 0.195. The Morgan fingerprint density at radius 3 is 2.44 bits per heavy atom. The Morgan fingerprint density at radius 1 is 1.00 bits per heavy atom. The van der Waals surface area contributed by atoms with Crippen LogP contribution < -0.4 is 25.4 Å². The van der Waals surface area contributed by atoms with Crippen molar-refractivity contribution in [2.45, 2.75) is 26.9 Å². The van der Waals surface area contributed by atoms with Gasteiger partial charge in [-0.2, -0.15) is 0 Å². The lowest BCUT2D eigenvalue weighted by molar-refractivity contribution is -0.123. The Balaban J connectivity index is 0.00000512. The highest BCUT2D eigenvalue weighted by atomic mass is 127. The molecule has 1 amide bonds. The standard InChI is InChI=1S/C22H28F2N4O3.HI/c1-4-25-21(29)14-31-19-9-6-15(10-20(19)30-3)12-27-22(26-5-2)28-13-16-11-17(23)7-8-18(16)24;/h6-11H,4-5,12-14H2,1-3H3,(H,25,29)(H2,26,27,28);1H. The summed E-state index contributed by atoms with van der Waals surface area (Å²) in [6.45, 7) is 5.17. The van der Waals surface area contributed by atoms with E-state index in [1.54, 1.807) is 12.1 Å². The van der Waals surface area contributed by atoms with E-state index >= 15 is 0 Å². The normalized spacial score (nSPS) is 10.7. The lowest BCUT2D eigenvalue weighted by Gasteiger charge is -2.13. The Labute approximate surface area is 204 Å². The Kier molecular flexibility index (Phi) is 12.4. The van der Waals surface area contributed by atoms with Gasteiger partial charge in [-0.25, -0.2) is 13.8 Å². The molecule has 2 rings (SSSR count). The van der Waals surface area contributed by atoms with Crippen molar-refractivity contribution in [2.24, 2.45) is 4.99 Å². The van der Waals surface area contributed by atoms with Crippen LogP contribution in [0.2, 0.25) is 0 Å². The number of nitrogens with one attached hydrogen (secondary N) is 3. The molecule has 7 nitrogen and oxygen atoms in total. The van der Waals surface area contributed by atoms with Crippen molar-refractivity contribution >= 4 is 35.8 Å². The number of hydrogen-bond acceptors (Lipinski definition) is 4. The van der Waals surface area contributed by atoms with Crippen molar-refractivity contribution in [2.75, 3.05) is 26.8 Å². The summed E-state index contributed by atoms with van der Waals surface area (Å²) in [7, 11) is 1.51. The highest BCUT2D eigenvalue weighted by Gasteiger charge is 2.09. The summed E-state index contributed by atoms with van der Waals surface area (Å²) in [5, 5.41) is 8.71. The lowest BCUT2D eigenvalue weighted by atomic mass is 10.2. The van der Waals surface area contributed by atoms with E-state index in [9.17, 15) is 13.6 Å². The predicted molar refractivity (Wildman–Crippen MR) is 131 cm³/mol. The number of aliphatic imine (C=N–C) groups is 1. The molecule has 176 valence electrons. The second-order valence-electron chi connectivity index (χ2n) is 6.51. The number of methoxy groups -OCH3 is 1. The lowest BCUT2D eigenvalue weighted by Crippen LogP contribution is -2.37. The quantitative estimate of drug-likeness (QED) is 0.235. The summed E-state index contributed by atoms with van der Waals surface area (Å²) < 4.78 is 38.0. The van der Waals surface area contributed by atoms with Crippen LogP contribution in [0.3, 0.4) is 0 Å². The molecule has 0 saturated heterocycles. The van der Waals surface area contributed by atoms with Gasteiger partial charge in [0.2, 0.25) is 0 Å². The third-order valence-corrected chi connectivity index (χ3v) is 4.18. The first-order chi connectivity index (χ1) is 15.0. The minimum atomic E-state index is -0.498. The number of likely N-dealkylation sites (N-methyl/N-ethyl adjacent to an activating group) is 1. The maximum Gasteiger partial charge on any atom is 0.257 e. The van der Waals surface area contributed by atoms with E-state index in [4.69, 9.17) is 9.47 Å². The highest BCUT2D eigenvalue weighted by Crippen LogP contribution is 2.28. The van der Waals surface area contributed by atoms with Gasteiger partial charge >= 0.3 is 0 Å². The first-order valence-corrected chi connectivity index (χ1v) is 9.99. The van der Waals surface area contributed by atoms with Crippen LogP contribution in [-0.2, 0) is 17.9 Å². The van der Waals surface area contributed by atoms with Crippen LogP contribution in [0.25, 0.3) is 0 Å². The molecule has 0 aliphatic heterocycles. The topological polar surface area (TPSA) is 84.0 Å². The van der Waals surface area contributed by atoms with Crippen LogP contribution in [0.5, 0.6) is 11.5 Å². The minimum Gasteiger partial charge on any atom is -0.493 e. The van der Waals surface area contributed by atoms with Gasteiger partial charge in [-0.1, -0.05) is 6.07 Å². The molecule has 2 aromatic carbocycles. The average Bonchev–Trinajstić information content (AvgIpc) is 2.76. The van der Waals surface area contributed by atoms with Crippen molar-refractivity contribution in [3.05, 3.63) is 59.2 Å². The van der Waals surface area contributed by atoms with E-state index in [1.807, 2.05) is 19.9 Å². The van der Waals surface area contributed by atoms with Gasteiger partial charge < -0.3 is 25.4 Å². The number of guanidine groups is 1. The molecule has 10 heteroatoms. The molecule has 0 aliphatic carbocycles. The maximum atomic E-state index is 13.8. The predicted octanol–water partition coefficient (Wildman–Crippen LogP) is 3.36. The highest BCUT2D eigenvalue weighted by molar-refractivity contribution is 14.0. The summed E-state index contributed by atoms with van der Waals surface area (Å²) in [5.41, 5.74) is 1.05. The summed E-state index contributed by atoms with van der Waals surface area (Å²) in [4.78, 5) is 16.0. The molecule has 0 unspecified atom stereocenters. The van der Waals surface area contributed by atoms with Crippen LogP contribution in [0.4, 0.5) is 8.78 Å². The molecule has 0 bridgehead atoms. The van der Waals surface area contributed by atoms with Crippen LogP contribution in [-0.4, -0.2) is 38.7 Å². The van der Waals surface area contributed by atoms with E-state index < -0.39 is 11.6 Å². The van der Waals surface area contributed by atoms with Gasteiger partial charge in [0.05, 0.1) is 13.7 Å². The number of hydrogen-bond donors (Lipinski definition) is 3.